The van der Waals surface area contributed by atoms with E-state index in [2.05, 4.69) is 29.4 Å². The largest absolute Gasteiger partial charge is 0.474 e. The normalized spacial score (nSPS) is 23.0. The number of aryl methyl sites for hydroxylation is 2. The van der Waals surface area contributed by atoms with E-state index in [1.54, 1.807) is 16.0 Å². The van der Waals surface area contributed by atoms with Gasteiger partial charge in [-0.2, -0.15) is 10.1 Å². The van der Waals surface area contributed by atoms with Crippen molar-refractivity contribution in [3.8, 4) is 5.88 Å². The van der Waals surface area contributed by atoms with Gasteiger partial charge in [-0.15, -0.1) is 11.3 Å². The Balaban J connectivity index is 1.49. The molecule has 1 fully saturated rings. The molecule has 1 atom stereocenters. The molecule has 1 saturated carbocycles. The van der Waals surface area contributed by atoms with Gasteiger partial charge in [-0.3, -0.25) is 9.48 Å². The van der Waals surface area contributed by atoms with Gasteiger partial charge in [0.05, 0.1) is 5.39 Å². The molecule has 0 bridgehead atoms. The van der Waals surface area contributed by atoms with Crippen molar-refractivity contribution in [2.75, 3.05) is 19.4 Å². The van der Waals surface area contributed by atoms with Crippen LogP contribution in [0.3, 0.4) is 0 Å². The fraction of sp³-hybridized carbons (Fsp3) is 0.565. The van der Waals surface area contributed by atoms with Crippen LogP contribution in [0.1, 0.15) is 42.5 Å². The van der Waals surface area contributed by atoms with Gasteiger partial charge in [0, 0.05) is 36.1 Å². The molecule has 0 unspecified atom stereocenters. The van der Waals surface area contributed by atoms with Crippen molar-refractivity contribution in [3.63, 3.8) is 0 Å². The topological polar surface area (TPSA) is 111 Å². The molecule has 33 heavy (non-hydrogen) atoms. The lowest BCUT2D eigenvalue weighted by atomic mass is 9.87. The van der Waals surface area contributed by atoms with Crippen molar-refractivity contribution < 1.29 is 9.53 Å². The fourth-order valence-corrected chi connectivity index (χ4v) is 6.17. The first-order valence-corrected chi connectivity index (χ1v) is 12.4. The summed E-state index contributed by atoms with van der Waals surface area (Å²) in [6, 6.07) is 2.48. The number of anilines is 2. The zero-order valence-corrected chi connectivity index (χ0v) is 20.2. The summed E-state index contributed by atoms with van der Waals surface area (Å²) in [5, 5.41) is 8.54. The minimum Gasteiger partial charge on any atom is -0.474 e. The fourth-order valence-electron chi connectivity index (χ4n) is 4.96. The first-order chi connectivity index (χ1) is 15.9. The lowest BCUT2D eigenvalue weighted by molar-refractivity contribution is -0.122. The summed E-state index contributed by atoms with van der Waals surface area (Å²) in [5.74, 6) is 1.38. The van der Waals surface area contributed by atoms with E-state index in [0.717, 1.165) is 54.3 Å². The quantitative estimate of drug-likeness (QED) is 0.571. The number of hydrogen-bond donors (Lipinski definition) is 2. The highest BCUT2D eigenvalue weighted by Crippen LogP contribution is 2.42. The highest BCUT2D eigenvalue weighted by atomic mass is 32.1. The van der Waals surface area contributed by atoms with Crippen LogP contribution < -0.4 is 15.8 Å². The molecule has 0 saturated heterocycles. The molecule has 2 aliphatic carbocycles. The SMILES string of the molecule is CN(C)C1CCC(Oc2nc(Nc3ccn(C)n3)nc3sc4c(c23)C[C@H](C(N)=O)CC4)CC1. The number of hydrogen-bond acceptors (Lipinski definition) is 8. The second kappa shape index (κ2) is 8.90. The molecule has 3 aromatic rings. The molecule has 10 heteroatoms. The number of nitrogens with two attached hydrogens (primary N) is 1. The lowest BCUT2D eigenvalue weighted by Crippen LogP contribution is -2.35. The van der Waals surface area contributed by atoms with Crippen LogP contribution in [0.15, 0.2) is 12.3 Å². The Labute approximate surface area is 197 Å². The summed E-state index contributed by atoms with van der Waals surface area (Å²) in [6.45, 7) is 0. The van der Waals surface area contributed by atoms with E-state index < -0.39 is 0 Å². The molecule has 2 aliphatic rings. The van der Waals surface area contributed by atoms with Crippen LogP contribution in [0.5, 0.6) is 5.88 Å². The van der Waals surface area contributed by atoms with E-state index in [1.807, 2.05) is 19.3 Å². The summed E-state index contributed by atoms with van der Waals surface area (Å²) >= 11 is 1.67. The Bertz CT molecular complexity index is 1160. The first kappa shape index (κ1) is 22.1. The maximum absolute atomic E-state index is 11.9. The highest BCUT2D eigenvalue weighted by molar-refractivity contribution is 7.18. The molecule has 0 aliphatic heterocycles. The molecule has 3 N–H and O–H groups in total. The second-order valence-corrected chi connectivity index (χ2v) is 10.5. The molecule has 9 nitrogen and oxygen atoms in total. The smallest absolute Gasteiger partial charge is 0.233 e. The van der Waals surface area contributed by atoms with Gasteiger partial charge in [-0.05, 0) is 64.6 Å². The average molecular weight is 470 g/mol. The summed E-state index contributed by atoms with van der Waals surface area (Å²) < 4.78 is 8.29. The van der Waals surface area contributed by atoms with Gasteiger partial charge >= 0.3 is 0 Å². The van der Waals surface area contributed by atoms with Crippen LogP contribution in [-0.2, 0) is 24.7 Å². The number of carbonyl (C=O) groups is 1. The minimum atomic E-state index is -0.237. The average Bonchev–Trinajstić information content (AvgIpc) is 3.36. The third-order valence-electron chi connectivity index (χ3n) is 6.88. The van der Waals surface area contributed by atoms with Crippen molar-refractivity contribution in [2.45, 2.75) is 57.1 Å². The zero-order chi connectivity index (χ0) is 23.1. The Morgan fingerprint density at radius 2 is 2.03 bits per heavy atom. The van der Waals surface area contributed by atoms with Crippen LogP contribution in [-0.4, -0.2) is 56.8 Å². The maximum atomic E-state index is 11.9. The van der Waals surface area contributed by atoms with E-state index >= 15 is 0 Å². The minimum absolute atomic E-state index is 0.119. The van der Waals surface area contributed by atoms with E-state index in [9.17, 15) is 4.79 Å². The van der Waals surface area contributed by atoms with Crippen molar-refractivity contribution in [3.05, 3.63) is 22.7 Å². The van der Waals surface area contributed by atoms with Crippen LogP contribution in [0, 0.1) is 5.92 Å². The molecule has 0 aromatic carbocycles. The number of thiophene rings is 1. The predicted octanol–water partition coefficient (Wildman–Crippen LogP) is 3.01. The van der Waals surface area contributed by atoms with E-state index in [1.165, 1.54) is 4.88 Å². The summed E-state index contributed by atoms with van der Waals surface area (Å²) in [6.07, 6.45) is 8.44. The molecular formula is C23H31N7O2S. The first-order valence-electron chi connectivity index (χ1n) is 11.6. The number of nitrogens with zero attached hydrogens (tertiary/aromatic N) is 5. The van der Waals surface area contributed by atoms with Crippen LogP contribution in [0.25, 0.3) is 10.2 Å². The van der Waals surface area contributed by atoms with Gasteiger partial charge in [0.25, 0.3) is 0 Å². The van der Waals surface area contributed by atoms with E-state index in [4.69, 9.17) is 20.4 Å². The number of nitrogens with one attached hydrogen (secondary N) is 1. The third-order valence-corrected chi connectivity index (χ3v) is 8.07. The highest BCUT2D eigenvalue weighted by Gasteiger charge is 2.31. The van der Waals surface area contributed by atoms with Gasteiger partial charge in [0.1, 0.15) is 10.9 Å². The van der Waals surface area contributed by atoms with Crippen molar-refractivity contribution in [1.29, 1.82) is 0 Å². The lowest BCUT2D eigenvalue weighted by Gasteiger charge is -2.32. The summed E-state index contributed by atoms with van der Waals surface area (Å²) in [7, 11) is 6.15. The molecule has 0 spiro atoms. The van der Waals surface area contributed by atoms with Gasteiger partial charge in [0.15, 0.2) is 5.82 Å². The summed E-state index contributed by atoms with van der Waals surface area (Å²) in [5.41, 5.74) is 6.78. The Morgan fingerprint density at radius 3 is 2.70 bits per heavy atom. The monoisotopic (exact) mass is 469 g/mol. The number of amides is 1. The molecular weight excluding hydrogens is 438 g/mol. The zero-order valence-electron chi connectivity index (χ0n) is 19.4. The molecule has 3 heterocycles. The van der Waals surface area contributed by atoms with Crippen LogP contribution in [0.2, 0.25) is 0 Å². The van der Waals surface area contributed by atoms with Gasteiger partial charge in [-0.1, -0.05) is 0 Å². The second-order valence-electron chi connectivity index (χ2n) is 9.39. The number of rotatable bonds is 6. The van der Waals surface area contributed by atoms with Gasteiger partial charge in [0.2, 0.25) is 17.7 Å². The van der Waals surface area contributed by atoms with Gasteiger partial charge in [-0.25, -0.2) is 4.98 Å². The Hall–Kier alpha value is -2.72. The third kappa shape index (κ3) is 4.54. The number of carbonyl (C=O) groups excluding carboxylic acids is 1. The van der Waals surface area contributed by atoms with Crippen LogP contribution >= 0.6 is 11.3 Å². The maximum Gasteiger partial charge on any atom is 0.233 e. The Morgan fingerprint density at radius 1 is 1.24 bits per heavy atom. The number of primary amides is 1. The Kier molecular flexibility index (Phi) is 5.96. The van der Waals surface area contributed by atoms with E-state index in [0.29, 0.717) is 30.1 Å². The number of fused-ring (bicyclic) bond motifs is 3. The molecule has 3 aromatic heterocycles. The number of ether oxygens (including phenoxy) is 1. The van der Waals surface area contributed by atoms with Crippen LogP contribution in [0.4, 0.5) is 11.8 Å². The summed E-state index contributed by atoms with van der Waals surface area (Å²) in [4.78, 5) is 25.9. The molecule has 176 valence electrons. The molecule has 1 amide bonds. The number of aromatic nitrogens is 4. The van der Waals surface area contributed by atoms with Crippen molar-refractivity contribution in [1.82, 2.24) is 24.6 Å². The van der Waals surface area contributed by atoms with Crippen molar-refractivity contribution >= 4 is 39.2 Å². The standard InChI is InChI=1S/C23H31N7O2S/c1-29(2)14-5-7-15(8-6-14)32-21-19-16-12-13(20(24)31)4-9-17(16)33-22(19)27-23(26-21)25-18-10-11-30(3)28-18/h10-11,13-15H,4-9,12H2,1-3H3,(H2,24,31)(H,25,26,27,28)/t13-,14?,15?/m1/s1. The van der Waals surface area contributed by atoms with Gasteiger partial charge < -0.3 is 20.7 Å². The molecule has 0 radical (unpaired) electrons. The molecule has 5 rings (SSSR count). The van der Waals surface area contributed by atoms with Crippen molar-refractivity contribution in [2.24, 2.45) is 18.7 Å². The van der Waals surface area contributed by atoms with E-state index in [-0.39, 0.29) is 17.9 Å². The predicted molar refractivity (Wildman–Crippen MR) is 129 cm³/mol.